The number of esters is 1. The van der Waals surface area contributed by atoms with Gasteiger partial charge in [0.05, 0.1) is 19.7 Å². The highest BCUT2D eigenvalue weighted by atomic mass is 16.6. The van der Waals surface area contributed by atoms with Gasteiger partial charge in [0.1, 0.15) is 23.3 Å². The van der Waals surface area contributed by atoms with Crippen LogP contribution in [0.15, 0.2) is 42.5 Å². The zero-order chi connectivity index (χ0) is 33.4. The number of benzene rings is 2. The Balaban J connectivity index is 1.40. The minimum absolute atomic E-state index is 0.109. The van der Waals surface area contributed by atoms with Gasteiger partial charge in [-0.25, -0.2) is 14.4 Å². The molecule has 0 radical (unpaired) electrons. The maximum atomic E-state index is 13.9. The third-order valence-corrected chi connectivity index (χ3v) is 8.85. The molecule has 0 bridgehead atoms. The van der Waals surface area contributed by atoms with E-state index in [0.717, 1.165) is 41.5 Å². The van der Waals surface area contributed by atoms with Gasteiger partial charge in [-0.2, -0.15) is 0 Å². The first-order valence-electron chi connectivity index (χ1n) is 16.2. The molecule has 248 valence electrons. The van der Waals surface area contributed by atoms with Gasteiger partial charge in [0.2, 0.25) is 5.91 Å². The molecule has 46 heavy (non-hydrogen) atoms. The quantitative estimate of drug-likeness (QED) is 0.334. The number of amides is 3. The number of aryl methyl sites for hydroxylation is 1. The zero-order valence-electron chi connectivity index (χ0n) is 28.1. The number of fused-ring (bicyclic) bond motifs is 2. The van der Waals surface area contributed by atoms with Crippen molar-refractivity contribution < 1.29 is 33.4 Å². The van der Waals surface area contributed by atoms with Crippen molar-refractivity contribution >= 4 is 24.1 Å². The summed E-state index contributed by atoms with van der Waals surface area (Å²) in [5.41, 5.74) is 3.71. The number of rotatable bonds is 4. The number of ether oxygens (including phenoxy) is 3. The topological polar surface area (TPSA) is 114 Å². The largest absolute Gasteiger partial charge is 0.467 e. The van der Waals surface area contributed by atoms with Crippen LogP contribution in [0.3, 0.4) is 0 Å². The normalized spacial score (nSPS) is 22.8. The van der Waals surface area contributed by atoms with E-state index in [4.69, 9.17) is 14.2 Å². The Hall–Kier alpha value is -4.08. The van der Waals surface area contributed by atoms with Gasteiger partial charge < -0.3 is 19.5 Å². The van der Waals surface area contributed by atoms with Crippen LogP contribution < -0.4 is 5.32 Å². The molecule has 1 fully saturated rings. The lowest BCUT2D eigenvalue weighted by atomic mass is 9.87. The second kappa shape index (κ2) is 13.0. The highest BCUT2D eigenvalue weighted by molar-refractivity contribution is 5.87. The molecule has 1 saturated heterocycles. The summed E-state index contributed by atoms with van der Waals surface area (Å²) in [6, 6.07) is 12.6. The average Bonchev–Trinajstić information content (AvgIpc) is 3.44. The summed E-state index contributed by atoms with van der Waals surface area (Å²) in [7, 11) is 1.31. The number of nitrogens with one attached hydrogen (secondary N) is 1. The van der Waals surface area contributed by atoms with Crippen LogP contribution >= 0.6 is 0 Å². The Kier molecular flexibility index (Phi) is 9.38. The Morgan fingerprint density at radius 3 is 2.17 bits per heavy atom. The van der Waals surface area contributed by atoms with Crippen molar-refractivity contribution in [2.45, 2.75) is 115 Å². The molecule has 0 unspecified atom stereocenters. The summed E-state index contributed by atoms with van der Waals surface area (Å²) in [6.45, 7) is 11.3. The van der Waals surface area contributed by atoms with Gasteiger partial charge in [-0.15, -0.1) is 0 Å². The summed E-state index contributed by atoms with van der Waals surface area (Å²) in [5.74, 6) is -0.829. The van der Waals surface area contributed by atoms with E-state index >= 15 is 0 Å². The molecular formula is C36H47N3O7. The smallest absolute Gasteiger partial charge is 0.411 e. The molecule has 5 rings (SSSR count). The van der Waals surface area contributed by atoms with Gasteiger partial charge in [-0.3, -0.25) is 14.6 Å². The Morgan fingerprint density at radius 2 is 1.50 bits per heavy atom. The monoisotopic (exact) mass is 633 g/mol. The van der Waals surface area contributed by atoms with Gasteiger partial charge >= 0.3 is 18.2 Å². The molecule has 0 saturated carbocycles. The van der Waals surface area contributed by atoms with E-state index in [2.05, 4.69) is 17.4 Å². The molecule has 4 atom stereocenters. The molecule has 2 aromatic carbocycles. The van der Waals surface area contributed by atoms with Crippen LogP contribution in [0, 0.1) is 0 Å². The lowest BCUT2D eigenvalue weighted by Crippen LogP contribution is -2.50. The minimum Gasteiger partial charge on any atom is -0.467 e. The van der Waals surface area contributed by atoms with Gasteiger partial charge in [-0.05, 0) is 95.0 Å². The number of methoxy groups -OCH3 is 1. The molecule has 1 aliphatic carbocycles. The predicted molar refractivity (Wildman–Crippen MR) is 172 cm³/mol. The Bertz CT molecular complexity index is 1490. The number of nitrogens with zero attached hydrogens (tertiary/aromatic N) is 2. The standard InChI is InChI=1S/C36H47N3O7/c1-35(2,3)45-33(42)38-21-26(19-29(38)31(40)37-28-14-10-12-22-11-8-9-13-27(22)28)23-15-16-24-18-30(32(41)44-7)39(20-25(24)17-23)34(43)46-36(4,5)6/h8-9,11,13,15-17,26,28-30H,10,12,14,18-21H2,1-7H3,(H,37,40)/t26-,28+,29-,30-/m0/s1. The number of carbonyl (C=O) groups excluding carboxylic acids is 4. The van der Waals surface area contributed by atoms with E-state index in [0.29, 0.717) is 19.4 Å². The fourth-order valence-electron chi connectivity index (χ4n) is 6.74. The molecule has 2 aliphatic heterocycles. The van der Waals surface area contributed by atoms with Gasteiger partial charge in [0.15, 0.2) is 0 Å². The fraction of sp³-hybridized carbons (Fsp3) is 0.556. The number of hydrogen-bond acceptors (Lipinski definition) is 7. The molecule has 3 aliphatic rings. The van der Waals surface area contributed by atoms with Crippen molar-refractivity contribution in [3.05, 3.63) is 70.3 Å². The second-order valence-electron chi connectivity index (χ2n) is 14.6. The molecule has 0 spiro atoms. The van der Waals surface area contributed by atoms with Crippen molar-refractivity contribution in [3.63, 3.8) is 0 Å². The van der Waals surface area contributed by atoms with E-state index in [1.807, 2.05) is 51.1 Å². The molecule has 2 aromatic rings. The highest BCUT2D eigenvalue weighted by Crippen LogP contribution is 2.37. The van der Waals surface area contributed by atoms with Crippen LogP contribution in [0.5, 0.6) is 0 Å². The minimum atomic E-state index is -0.801. The molecule has 2 heterocycles. The third kappa shape index (κ3) is 7.48. The van der Waals surface area contributed by atoms with Crippen molar-refractivity contribution in [3.8, 4) is 0 Å². The van der Waals surface area contributed by atoms with E-state index in [-0.39, 0.29) is 24.4 Å². The van der Waals surface area contributed by atoms with Crippen molar-refractivity contribution in [2.24, 2.45) is 0 Å². The first-order valence-corrected chi connectivity index (χ1v) is 16.2. The SMILES string of the molecule is COC(=O)[C@@H]1Cc2ccc([C@H]3C[C@@H](C(=O)N[C@@H]4CCCc5ccccc54)N(C(=O)OC(C)(C)C)C3)cc2CN1C(=O)OC(C)(C)C. The van der Waals surface area contributed by atoms with Crippen molar-refractivity contribution in [1.82, 2.24) is 15.1 Å². The van der Waals surface area contributed by atoms with Crippen molar-refractivity contribution in [2.75, 3.05) is 13.7 Å². The van der Waals surface area contributed by atoms with Gasteiger partial charge in [0.25, 0.3) is 0 Å². The molecular weight excluding hydrogens is 586 g/mol. The summed E-state index contributed by atoms with van der Waals surface area (Å²) >= 11 is 0. The summed E-state index contributed by atoms with van der Waals surface area (Å²) in [4.78, 5) is 56.2. The van der Waals surface area contributed by atoms with E-state index in [9.17, 15) is 19.2 Å². The lowest BCUT2D eigenvalue weighted by molar-refractivity contribution is -0.147. The summed E-state index contributed by atoms with van der Waals surface area (Å²) in [5, 5.41) is 3.25. The Morgan fingerprint density at radius 1 is 0.826 bits per heavy atom. The van der Waals surface area contributed by atoms with Crippen molar-refractivity contribution in [1.29, 1.82) is 0 Å². The summed E-state index contributed by atoms with van der Waals surface area (Å²) < 4.78 is 16.4. The molecule has 0 aromatic heterocycles. The van der Waals surface area contributed by atoms with E-state index in [1.165, 1.54) is 17.6 Å². The van der Waals surface area contributed by atoms with Crippen LogP contribution in [0.25, 0.3) is 0 Å². The fourth-order valence-corrected chi connectivity index (χ4v) is 6.74. The molecule has 3 amide bonds. The maximum Gasteiger partial charge on any atom is 0.411 e. The second-order valence-corrected chi connectivity index (χ2v) is 14.6. The Labute approximate surface area is 271 Å². The van der Waals surface area contributed by atoms with Gasteiger partial charge in [0, 0.05) is 18.9 Å². The third-order valence-electron chi connectivity index (χ3n) is 8.85. The van der Waals surface area contributed by atoms with Crippen LogP contribution in [0.4, 0.5) is 9.59 Å². The predicted octanol–water partition coefficient (Wildman–Crippen LogP) is 5.81. The highest BCUT2D eigenvalue weighted by Gasteiger charge is 2.44. The van der Waals surface area contributed by atoms with Crippen LogP contribution in [0.2, 0.25) is 0 Å². The lowest BCUT2D eigenvalue weighted by Gasteiger charge is -2.36. The number of hydrogen-bond donors (Lipinski definition) is 1. The van der Waals surface area contributed by atoms with Crippen LogP contribution in [-0.4, -0.2) is 70.8 Å². The number of likely N-dealkylation sites (tertiary alicyclic amines) is 1. The first kappa shape index (κ1) is 33.3. The van der Waals surface area contributed by atoms with Crippen LogP contribution in [0.1, 0.15) is 101 Å². The molecule has 10 heteroatoms. The first-order chi connectivity index (χ1) is 21.6. The number of carbonyl (C=O) groups is 4. The van der Waals surface area contributed by atoms with E-state index < -0.39 is 41.4 Å². The molecule has 10 nitrogen and oxygen atoms in total. The zero-order valence-corrected chi connectivity index (χ0v) is 28.1. The molecule has 1 N–H and O–H groups in total. The van der Waals surface area contributed by atoms with E-state index in [1.54, 1.807) is 25.7 Å². The van der Waals surface area contributed by atoms with Gasteiger partial charge in [-0.1, -0.05) is 42.5 Å². The maximum absolute atomic E-state index is 13.9. The van der Waals surface area contributed by atoms with Crippen LogP contribution in [-0.2, 0) is 43.2 Å². The summed E-state index contributed by atoms with van der Waals surface area (Å²) in [6.07, 6.45) is 2.44. The average molecular weight is 634 g/mol.